The van der Waals surface area contributed by atoms with E-state index in [2.05, 4.69) is 26.2 Å². The van der Waals surface area contributed by atoms with Gasteiger partial charge in [0.05, 0.1) is 7.11 Å². The fourth-order valence-corrected chi connectivity index (χ4v) is 2.86. The molecule has 23 heavy (non-hydrogen) atoms. The lowest BCUT2D eigenvalue weighted by atomic mass is 10.2. The van der Waals surface area contributed by atoms with Crippen LogP contribution in [0.15, 0.2) is 46.9 Å². The van der Waals surface area contributed by atoms with Crippen LogP contribution >= 0.6 is 15.9 Å². The fraction of sp³-hybridized carbons (Fsp3) is 0.118. The van der Waals surface area contributed by atoms with E-state index in [0.717, 1.165) is 16.7 Å². The molecule has 0 aliphatic heterocycles. The number of hydrogen-bond donors (Lipinski definition) is 2. The minimum atomic E-state index is -0.346. The maximum absolute atomic E-state index is 13.3. The average molecular weight is 377 g/mol. The molecule has 0 unspecified atom stereocenters. The van der Waals surface area contributed by atoms with Gasteiger partial charge in [0, 0.05) is 28.0 Å². The largest absolute Gasteiger partial charge is 0.497 e. The molecule has 0 spiro atoms. The molecule has 0 atom stereocenters. The number of rotatable bonds is 4. The summed E-state index contributed by atoms with van der Waals surface area (Å²) >= 11 is 3.23. The molecular weight excluding hydrogens is 363 g/mol. The Morgan fingerprint density at radius 3 is 2.83 bits per heavy atom. The summed E-state index contributed by atoms with van der Waals surface area (Å²) in [5, 5.41) is 3.69. The van der Waals surface area contributed by atoms with Gasteiger partial charge >= 0.3 is 0 Å². The molecule has 2 N–H and O–H groups in total. The van der Waals surface area contributed by atoms with Gasteiger partial charge in [0.25, 0.3) is 5.91 Å². The number of benzene rings is 2. The zero-order chi connectivity index (χ0) is 16.4. The first-order valence-corrected chi connectivity index (χ1v) is 7.74. The molecule has 6 heteroatoms. The molecule has 4 nitrogen and oxygen atoms in total. The molecule has 0 fully saturated rings. The van der Waals surface area contributed by atoms with Gasteiger partial charge in [0.2, 0.25) is 0 Å². The third-order valence-electron chi connectivity index (χ3n) is 3.45. The van der Waals surface area contributed by atoms with Crippen molar-refractivity contribution in [2.45, 2.75) is 6.54 Å². The van der Waals surface area contributed by atoms with Crippen LogP contribution in [0.1, 0.15) is 16.1 Å². The summed E-state index contributed by atoms with van der Waals surface area (Å²) in [5.41, 5.74) is 1.95. The summed E-state index contributed by atoms with van der Waals surface area (Å²) < 4.78 is 19.1. The van der Waals surface area contributed by atoms with E-state index < -0.39 is 0 Å². The van der Waals surface area contributed by atoms with Gasteiger partial charge in [-0.1, -0.05) is 15.9 Å². The van der Waals surface area contributed by atoms with Crippen LogP contribution in [-0.4, -0.2) is 18.0 Å². The zero-order valence-corrected chi connectivity index (χ0v) is 13.9. The third kappa shape index (κ3) is 3.53. The zero-order valence-electron chi connectivity index (χ0n) is 12.3. The monoisotopic (exact) mass is 376 g/mol. The molecular formula is C17H14BrFN2O2. The smallest absolute Gasteiger partial charge is 0.267 e. The Bertz CT molecular complexity index is 856. The number of ether oxygens (including phenoxy) is 1. The summed E-state index contributed by atoms with van der Waals surface area (Å²) in [6, 6.07) is 11.8. The van der Waals surface area contributed by atoms with E-state index in [9.17, 15) is 9.18 Å². The van der Waals surface area contributed by atoms with Crippen LogP contribution in [0.4, 0.5) is 4.39 Å². The Morgan fingerprint density at radius 2 is 2.09 bits per heavy atom. The van der Waals surface area contributed by atoms with E-state index in [1.165, 1.54) is 12.1 Å². The average Bonchev–Trinajstić information content (AvgIpc) is 2.94. The Hall–Kier alpha value is -2.34. The van der Waals surface area contributed by atoms with E-state index in [-0.39, 0.29) is 18.3 Å². The lowest BCUT2D eigenvalue weighted by Gasteiger charge is -2.05. The van der Waals surface area contributed by atoms with Gasteiger partial charge in [-0.15, -0.1) is 0 Å². The number of H-pyrrole nitrogens is 1. The first kappa shape index (κ1) is 15.6. The quantitative estimate of drug-likeness (QED) is 0.722. The Balaban J connectivity index is 1.75. The lowest BCUT2D eigenvalue weighted by Crippen LogP contribution is -2.23. The standard InChI is InChI=1S/C17H14BrFN2O2/c1-23-14-3-2-11-6-16(21-15(11)8-14)17(22)20-9-10-4-12(18)7-13(19)5-10/h2-8,21H,9H2,1H3,(H,20,22). The highest BCUT2D eigenvalue weighted by Gasteiger charge is 2.10. The second kappa shape index (κ2) is 6.42. The normalized spacial score (nSPS) is 10.7. The van der Waals surface area contributed by atoms with E-state index >= 15 is 0 Å². The number of methoxy groups -OCH3 is 1. The Kier molecular flexibility index (Phi) is 4.34. The van der Waals surface area contributed by atoms with Crippen molar-refractivity contribution in [1.82, 2.24) is 10.3 Å². The van der Waals surface area contributed by atoms with Gasteiger partial charge in [0.1, 0.15) is 17.3 Å². The maximum atomic E-state index is 13.3. The van der Waals surface area contributed by atoms with Gasteiger partial charge in [-0.3, -0.25) is 4.79 Å². The number of halogens is 2. The van der Waals surface area contributed by atoms with Crippen LogP contribution in [0.3, 0.4) is 0 Å². The molecule has 3 aromatic rings. The first-order chi connectivity index (χ1) is 11.0. The van der Waals surface area contributed by atoms with Crippen LogP contribution in [-0.2, 0) is 6.54 Å². The van der Waals surface area contributed by atoms with E-state index in [1.54, 1.807) is 19.2 Å². The van der Waals surface area contributed by atoms with Crippen molar-refractivity contribution in [1.29, 1.82) is 0 Å². The third-order valence-corrected chi connectivity index (χ3v) is 3.91. The fourth-order valence-electron chi connectivity index (χ4n) is 2.35. The Morgan fingerprint density at radius 1 is 1.26 bits per heavy atom. The number of aromatic nitrogens is 1. The Labute approximate surface area is 140 Å². The number of amides is 1. The number of hydrogen-bond acceptors (Lipinski definition) is 2. The van der Waals surface area contributed by atoms with Crippen LogP contribution in [0.5, 0.6) is 5.75 Å². The van der Waals surface area contributed by atoms with Crippen molar-refractivity contribution < 1.29 is 13.9 Å². The first-order valence-electron chi connectivity index (χ1n) is 6.95. The molecule has 0 saturated heterocycles. The van der Waals surface area contributed by atoms with Crippen molar-refractivity contribution in [3.8, 4) is 5.75 Å². The van der Waals surface area contributed by atoms with E-state index in [4.69, 9.17) is 4.74 Å². The minimum Gasteiger partial charge on any atom is -0.497 e. The SMILES string of the molecule is COc1ccc2cc(C(=O)NCc3cc(F)cc(Br)c3)[nH]c2c1. The molecule has 0 aliphatic rings. The highest BCUT2D eigenvalue weighted by Crippen LogP contribution is 2.21. The van der Waals surface area contributed by atoms with Gasteiger partial charge < -0.3 is 15.0 Å². The molecule has 0 bridgehead atoms. The number of aromatic amines is 1. The molecule has 0 radical (unpaired) electrons. The second-order valence-electron chi connectivity index (χ2n) is 5.10. The predicted molar refractivity (Wildman–Crippen MR) is 90.1 cm³/mol. The van der Waals surface area contributed by atoms with Crippen molar-refractivity contribution >= 4 is 32.7 Å². The van der Waals surface area contributed by atoms with E-state index in [0.29, 0.717) is 15.7 Å². The van der Waals surface area contributed by atoms with Crippen LogP contribution in [0.2, 0.25) is 0 Å². The van der Waals surface area contributed by atoms with Crippen molar-refractivity contribution in [2.75, 3.05) is 7.11 Å². The molecule has 0 aliphatic carbocycles. The van der Waals surface area contributed by atoms with Crippen LogP contribution in [0, 0.1) is 5.82 Å². The molecule has 1 heterocycles. The molecule has 3 rings (SSSR count). The van der Waals surface area contributed by atoms with Crippen LogP contribution in [0.25, 0.3) is 10.9 Å². The second-order valence-corrected chi connectivity index (χ2v) is 6.01. The summed E-state index contributed by atoms with van der Waals surface area (Å²) in [6.07, 6.45) is 0. The summed E-state index contributed by atoms with van der Waals surface area (Å²) in [5.74, 6) is 0.123. The number of fused-ring (bicyclic) bond motifs is 1. The van der Waals surface area contributed by atoms with Crippen molar-refractivity contribution in [2.24, 2.45) is 0 Å². The summed E-state index contributed by atoms with van der Waals surface area (Å²) in [6.45, 7) is 0.244. The molecule has 118 valence electrons. The minimum absolute atomic E-state index is 0.244. The predicted octanol–water partition coefficient (Wildman–Crippen LogP) is 4.01. The van der Waals surface area contributed by atoms with Gasteiger partial charge in [-0.05, 0) is 42.0 Å². The van der Waals surface area contributed by atoms with Gasteiger partial charge in [-0.2, -0.15) is 0 Å². The van der Waals surface area contributed by atoms with Gasteiger partial charge in [0.15, 0.2) is 0 Å². The lowest BCUT2D eigenvalue weighted by molar-refractivity contribution is 0.0946. The summed E-state index contributed by atoms with van der Waals surface area (Å²) in [4.78, 5) is 15.3. The molecule has 1 amide bonds. The van der Waals surface area contributed by atoms with Crippen molar-refractivity contribution in [3.63, 3.8) is 0 Å². The molecule has 0 saturated carbocycles. The highest BCUT2D eigenvalue weighted by atomic mass is 79.9. The van der Waals surface area contributed by atoms with Gasteiger partial charge in [-0.25, -0.2) is 4.39 Å². The molecule has 1 aromatic heterocycles. The maximum Gasteiger partial charge on any atom is 0.267 e. The number of nitrogens with one attached hydrogen (secondary N) is 2. The van der Waals surface area contributed by atoms with E-state index in [1.807, 2.05) is 18.2 Å². The summed E-state index contributed by atoms with van der Waals surface area (Å²) in [7, 11) is 1.59. The van der Waals surface area contributed by atoms with Crippen LogP contribution < -0.4 is 10.1 Å². The molecule has 2 aromatic carbocycles. The number of carbonyl (C=O) groups excluding carboxylic acids is 1. The highest BCUT2D eigenvalue weighted by molar-refractivity contribution is 9.10. The number of carbonyl (C=O) groups is 1. The van der Waals surface area contributed by atoms with Crippen molar-refractivity contribution in [3.05, 3.63) is 64.0 Å². The topological polar surface area (TPSA) is 54.1 Å².